The number of aliphatic hydroxyl groups is 1. The number of thioether (sulfide) groups is 1. The van der Waals surface area contributed by atoms with Crippen LogP contribution >= 0.6 is 11.8 Å². The number of nitrogen functional groups attached to an aromatic ring is 1. The van der Waals surface area contributed by atoms with E-state index in [-0.39, 0.29) is 11.2 Å². The lowest BCUT2D eigenvalue weighted by atomic mass is 10.2. The van der Waals surface area contributed by atoms with Crippen LogP contribution in [0.3, 0.4) is 0 Å². The second-order valence-corrected chi connectivity index (χ2v) is 5.93. The molecule has 3 N–H and O–H groups in total. The highest BCUT2D eigenvalue weighted by molar-refractivity contribution is 8.00. The Bertz CT molecular complexity index is 433. The summed E-state index contributed by atoms with van der Waals surface area (Å²) in [4.78, 5) is 14.2. The number of amides is 1. The lowest BCUT2D eigenvalue weighted by molar-refractivity contribution is 0.0827. The number of hydrogen-bond acceptors (Lipinski definition) is 4. The fourth-order valence-corrected chi connectivity index (χ4v) is 2.28. The van der Waals surface area contributed by atoms with Gasteiger partial charge in [0.2, 0.25) is 0 Å². The molecular formula is C13H20N2O2S. The van der Waals surface area contributed by atoms with Gasteiger partial charge in [0.25, 0.3) is 5.91 Å². The van der Waals surface area contributed by atoms with E-state index in [9.17, 15) is 9.90 Å². The Hall–Kier alpha value is -1.20. The van der Waals surface area contributed by atoms with Crippen molar-refractivity contribution >= 4 is 23.4 Å². The molecule has 1 aromatic carbocycles. The van der Waals surface area contributed by atoms with Crippen LogP contribution in [0.2, 0.25) is 0 Å². The number of nitrogens with zero attached hydrogens (tertiary/aromatic N) is 1. The molecule has 0 aliphatic carbocycles. The normalized spacial score (nSPS) is 14.1. The fraction of sp³-hybridized carbons (Fsp3) is 0.462. The molecular weight excluding hydrogens is 248 g/mol. The maximum atomic E-state index is 11.8. The monoisotopic (exact) mass is 268 g/mol. The molecule has 4 nitrogen and oxygen atoms in total. The Kier molecular flexibility index (Phi) is 5.04. The van der Waals surface area contributed by atoms with E-state index in [2.05, 4.69) is 0 Å². The highest BCUT2D eigenvalue weighted by Crippen LogP contribution is 2.30. The molecule has 1 aromatic rings. The first-order valence-corrected chi connectivity index (χ1v) is 6.66. The van der Waals surface area contributed by atoms with Crippen LogP contribution in [0, 0.1) is 0 Å². The summed E-state index contributed by atoms with van der Waals surface area (Å²) in [6, 6.07) is 5.27. The van der Waals surface area contributed by atoms with E-state index < -0.39 is 6.10 Å². The second kappa shape index (κ2) is 6.11. The van der Waals surface area contributed by atoms with Crippen molar-refractivity contribution in [1.82, 2.24) is 4.90 Å². The smallest absolute Gasteiger partial charge is 0.253 e. The number of anilines is 1. The van der Waals surface area contributed by atoms with Gasteiger partial charge in [0.15, 0.2) is 0 Å². The van der Waals surface area contributed by atoms with Crippen molar-refractivity contribution in [3.05, 3.63) is 23.8 Å². The third kappa shape index (κ3) is 3.65. The van der Waals surface area contributed by atoms with Crippen molar-refractivity contribution in [2.45, 2.75) is 30.1 Å². The number of benzene rings is 1. The Morgan fingerprint density at radius 3 is 2.44 bits per heavy atom. The summed E-state index contributed by atoms with van der Waals surface area (Å²) >= 11 is 1.51. The van der Waals surface area contributed by atoms with Crippen molar-refractivity contribution in [2.24, 2.45) is 0 Å². The summed E-state index contributed by atoms with van der Waals surface area (Å²) in [5.74, 6) is -0.0678. The molecule has 0 radical (unpaired) electrons. The van der Waals surface area contributed by atoms with E-state index >= 15 is 0 Å². The summed E-state index contributed by atoms with van der Waals surface area (Å²) < 4.78 is 0. The molecule has 100 valence electrons. The number of nitrogens with two attached hydrogens (primary N) is 1. The summed E-state index contributed by atoms with van der Waals surface area (Å²) in [7, 11) is 3.41. The zero-order valence-corrected chi connectivity index (χ0v) is 12.0. The van der Waals surface area contributed by atoms with E-state index in [1.54, 1.807) is 33.2 Å². The molecule has 0 spiro atoms. The third-order valence-electron chi connectivity index (χ3n) is 2.66. The van der Waals surface area contributed by atoms with Crippen LogP contribution < -0.4 is 5.73 Å². The molecule has 0 aliphatic heterocycles. The molecule has 0 aliphatic rings. The quantitative estimate of drug-likeness (QED) is 0.646. The Morgan fingerprint density at radius 2 is 2.00 bits per heavy atom. The highest BCUT2D eigenvalue weighted by Gasteiger charge is 2.14. The van der Waals surface area contributed by atoms with Crippen LogP contribution in [0.15, 0.2) is 23.1 Å². The molecule has 2 atom stereocenters. The number of hydrogen-bond donors (Lipinski definition) is 2. The molecule has 0 saturated heterocycles. The first-order chi connectivity index (χ1) is 8.32. The Balaban J connectivity index is 2.90. The highest BCUT2D eigenvalue weighted by atomic mass is 32.2. The lowest BCUT2D eigenvalue weighted by Crippen LogP contribution is -2.21. The molecule has 0 aromatic heterocycles. The standard InChI is InChI=1S/C13H20N2O2S/c1-8(16)9(2)18-12-6-5-10(7-11(12)14)13(17)15(3)4/h5-9,16H,14H2,1-4H3. The average Bonchev–Trinajstić information content (AvgIpc) is 2.30. The maximum absolute atomic E-state index is 11.8. The number of carbonyl (C=O) groups is 1. The van der Waals surface area contributed by atoms with Crippen LogP contribution in [0.5, 0.6) is 0 Å². The summed E-state index contributed by atoms with van der Waals surface area (Å²) in [5, 5.41) is 9.52. The van der Waals surface area contributed by atoms with Crippen molar-refractivity contribution in [1.29, 1.82) is 0 Å². The van der Waals surface area contributed by atoms with E-state index in [1.165, 1.54) is 16.7 Å². The summed E-state index contributed by atoms with van der Waals surface area (Å²) in [5.41, 5.74) is 7.08. The van der Waals surface area contributed by atoms with Crippen LogP contribution in [-0.4, -0.2) is 41.4 Å². The fourth-order valence-electron chi connectivity index (χ4n) is 1.35. The first kappa shape index (κ1) is 14.9. The maximum Gasteiger partial charge on any atom is 0.253 e. The van der Waals surface area contributed by atoms with E-state index in [0.29, 0.717) is 11.3 Å². The zero-order chi connectivity index (χ0) is 13.9. The number of rotatable bonds is 4. The molecule has 0 bridgehead atoms. The van der Waals surface area contributed by atoms with Gasteiger partial charge in [-0.2, -0.15) is 0 Å². The molecule has 0 saturated carbocycles. The van der Waals surface area contributed by atoms with Crippen LogP contribution in [-0.2, 0) is 0 Å². The van der Waals surface area contributed by atoms with Crippen molar-refractivity contribution in [3.8, 4) is 0 Å². The van der Waals surface area contributed by atoms with Gasteiger partial charge in [-0.15, -0.1) is 11.8 Å². The minimum atomic E-state index is -0.405. The van der Waals surface area contributed by atoms with E-state index in [1.807, 2.05) is 13.0 Å². The third-order valence-corrected chi connectivity index (χ3v) is 4.05. The van der Waals surface area contributed by atoms with Gasteiger partial charge in [0, 0.05) is 35.5 Å². The van der Waals surface area contributed by atoms with Crippen molar-refractivity contribution in [2.75, 3.05) is 19.8 Å². The topological polar surface area (TPSA) is 66.6 Å². The van der Waals surface area contributed by atoms with Crippen molar-refractivity contribution in [3.63, 3.8) is 0 Å². The van der Waals surface area contributed by atoms with Gasteiger partial charge in [-0.3, -0.25) is 4.79 Å². The van der Waals surface area contributed by atoms with Gasteiger partial charge in [0.1, 0.15) is 0 Å². The van der Waals surface area contributed by atoms with Gasteiger partial charge in [-0.1, -0.05) is 6.92 Å². The van der Waals surface area contributed by atoms with Gasteiger partial charge in [-0.25, -0.2) is 0 Å². The largest absolute Gasteiger partial charge is 0.398 e. The second-order valence-electron chi connectivity index (χ2n) is 4.52. The SMILES string of the molecule is CC(O)C(C)Sc1ccc(C(=O)N(C)C)cc1N. The van der Waals surface area contributed by atoms with Gasteiger partial charge < -0.3 is 15.7 Å². The van der Waals surface area contributed by atoms with Crippen LogP contribution in [0.4, 0.5) is 5.69 Å². The minimum Gasteiger partial charge on any atom is -0.398 e. The van der Waals surface area contributed by atoms with E-state index in [4.69, 9.17) is 5.73 Å². The Labute approximate surface area is 112 Å². The lowest BCUT2D eigenvalue weighted by Gasteiger charge is -2.16. The zero-order valence-electron chi connectivity index (χ0n) is 11.2. The van der Waals surface area contributed by atoms with Gasteiger partial charge in [-0.05, 0) is 25.1 Å². The van der Waals surface area contributed by atoms with Gasteiger partial charge >= 0.3 is 0 Å². The summed E-state index contributed by atoms with van der Waals surface area (Å²) in [6.07, 6.45) is -0.405. The number of carbonyl (C=O) groups excluding carboxylic acids is 1. The van der Waals surface area contributed by atoms with E-state index in [0.717, 1.165) is 4.90 Å². The molecule has 5 heteroatoms. The number of aliphatic hydroxyl groups excluding tert-OH is 1. The predicted molar refractivity (Wildman–Crippen MR) is 75.9 cm³/mol. The Morgan fingerprint density at radius 1 is 1.39 bits per heavy atom. The molecule has 1 amide bonds. The van der Waals surface area contributed by atoms with Crippen molar-refractivity contribution < 1.29 is 9.90 Å². The minimum absolute atomic E-state index is 0.0581. The van der Waals surface area contributed by atoms with Crippen LogP contribution in [0.25, 0.3) is 0 Å². The first-order valence-electron chi connectivity index (χ1n) is 5.78. The van der Waals surface area contributed by atoms with Crippen LogP contribution in [0.1, 0.15) is 24.2 Å². The predicted octanol–water partition coefficient (Wildman–Crippen LogP) is 1.83. The van der Waals surface area contributed by atoms with Gasteiger partial charge in [0.05, 0.1) is 6.10 Å². The summed E-state index contributed by atoms with van der Waals surface area (Å²) in [6.45, 7) is 3.69. The molecule has 18 heavy (non-hydrogen) atoms. The molecule has 0 fully saturated rings. The molecule has 1 rings (SSSR count). The molecule has 2 unspecified atom stereocenters. The average molecular weight is 268 g/mol. The molecule has 0 heterocycles.